The van der Waals surface area contributed by atoms with Crippen LogP contribution in [0.3, 0.4) is 0 Å². The largest absolute Gasteiger partial charge is 0.289 e. The topological polar surface area (TPSA) is 17.1 Å². The maximum Gasteiger partial charge on any atom is 0.189 e. The van der Waals surface area contributed by atoms with Crippen molar-refractivity contribution in [2.45, 2.75) is 6.92 Å². The van der Waals surface area contributed by atoms with Gasteiger partial charge in [-0.05, 0) is 24.6 Å². The van der Waals surface area contributed by atoms with E-state index in [9.17, 15) is 4.79 Å². The molecule has 0 saturated heterocycles. The average Bonchev–Trinajstić information content (AvgIpc) is 2.04. The lowest BCUT2D eigenvalue weighted by Gasteiger charge is -2.01. The van der Waals surface area contributed by atoms with E-state index in [0.717, 1.165) is 4.47 Å². The number of halogens is 1. The molecule has 12 heavy (non-hydrogen) atoms. The third-order valence-electron chi connectivity index (χ3n) is 1.51. The van der Waals surface area contributed by atoms with E-state index in [1.54, 1.807) is 13.0 Å². The molecule has 0 unspecified atom stereocenters. The van der Waals surface area contributed by atoms with Crippen LogP contribution in [0.25, 0.3) is 0 Å². The van der Waals surface area contributed by atoms with Crippen molar-refractivity contribution < 1.29 is 4.79 Å². The van der Waals surface area contributed by atoms with Crippen molar-refractivity contribution in [1.29, 1.82) is 0 Å². The molecule has 0 atom stereocenters. The summed E-state index contributed by atoms with van der Waals surface area (Å²) in [6.07, 6.45) is 0. The summed E-state index contributed by atoms with van der Waals surface area (Å²) in [5.74, 6) is -0.0116. The van der Waals surface area contributed by atoms with Crippen LogP contribution in [0.5, 0.6) is 0 Å². The highest BCUT2D eigenvalue weighted by molar-refractivity contribution is 9.10. The second-order valence-corrected chi connectivity index (χ2v) is 3.44. The van der Waals surface area contributed by atoms with Crippen LogP contribution in [-0.4, -0.2) is 5.78 Å². The van der Waals surface area contributed by atoms with Crippen LogP contribution in [0, 0.1) is 0 Å². The van der Waals surface area contributed by atoms with Crippen molar-refractivity contribution in [3.05, 3.63) is 46.5 Å². The quantitative estimate of drug-likeness (QED) is 0.557. The zero-order chi connectivity index (χ0) is 9.14. The van der Waals surface area contributed by atoms with Gasteiger partial charge in [0.1, 0.15) is 0 Å². The molecule has 0 N–H and O–H groups in total. The number of hydrogen-bond acceptors (Lipinski definition) is 1. The fourth-order valence-electron chi connectivity index (χ4n) is 0.875. The van der Waals surface area contributed by atoms with Gasteiger partial charge in [0, 0.05) is 10.0 Å². The number of carbonyl (C=O) groups excluding carboxylic acids is 1. The van der Waals surface area contributed by atoms with Crippen LogP contribution in [0.1, 0.15) is 17.3 Å². The first-order valence-electron chi connectivity index (χ1n) is 3.57. The van der Waals surface area contributed by atoms with Crippen LogP contribution in [0.4, 0.5) is 0 Å². The normalized spacial score (nSPS) is 9.50. The maximum atomic E-state index is 11.4. The second kappa shape index (κ2) is 3.68. The summed E-state index contributed by atoms with van der Waals surface area (Å²) in [5.41, 5.74) is 1.23. The zero-order valence-corrected chi connectivity index (χ0v) is 8.39. The maximum absolute atomic E-state index is 11.4. The van der Waals surface area contributed by atoms with Crippen molar-refractivity contribution in [2.24, 2.45) is 0 Å². The van der Waals surface area contributed by atoms with Crippen LogP contribution < -0.4 is 0 Å². The number of Topliss-reactive ketones (excluding diaryl/α,β-unsaturated/α-hetero) is 1. The summed E-state index contributed by atoms with van der Waals surface area (Å²) < 4.78 is 0.818. The van der Waals surface area contributed by atoms with Crippen molar-refractivity contribution in [3.8, 4) is 0 Å². The van der Waals surface area contributed by atoms with Gasteiger partial charge in [0.15, 0.2) is 5.78 Å². The molecule has 1 aromatic carbocycles. The Labute approximate surface area is 80.2 Å². The molecular weight excluding hydrogens is 216 g/mol. The van der Waals surface area contributed by atoms with E-state index in [0.29, 0.717) is 11.1 Å². The highest BCUT2D eigenvalue weighted by Crippen LogP contribution is 2.18. The summed E-state index contributed by atoms with van der Waals surface area (Å²) in [5, 5.41) is 0. The standard InChI is InChI=1S/C10H9BrO/c1-7(2)10(12)8-5-3-4-6-9(8)11/h3-6H,1H2,2H3. The molecule has 62 valence electrons. The van der Waals surface area contributed by atoms with E-state index in [4.69, 9.17) is 0 Å². The molecule has 1 rings (SSSR count). The summed E-state index contributed by atoms with van der Waals surface area (Å²) in [4.78, 5) is 11.4. The predicted molar refractivity (Wildman–Crippen MR) is 53.3 cm³/mol. The average molecular weight is 225 g/mol. The Bertz CT molecular complexity index is 328. The second-order valence-electron chi connectivity index (χ2n) is 2.59. The zero-order valence-electron chi connectivity index (χ0n) is 6.80. The van der Waals surface area contributed by atoms with Gasteiger partial charge >= 0.3 is 0 Å². The van der Waals surface area contributed by atoms with Gasteiger partial charge in [-0.1, -0.05) is 34.6 Å². The van der Waals surface area contributed by atoms with Crippen molar-refractivity contribution >= 4 is 21.7 Å². The van der Waals surface area contributed by atoms with Crippen molar-refractivity contribution in [2.75, 3.05) is 0 Å². The van der Waals surface area contributed by atoms with Crippen LogP contribution in [-0.2, 0) is 0 Å². The van der Waals surface area contributed by atoms with Gasteiger partial charge in [0.2, 0.25) is 0 Å². The summed E-state index contributed by atoms with van der Waals surface area (Å²) in [6.45, 7) is 5.31. The molecule has 0 aromatic heterocycles. The highest BCUT2D eigenvalue weighted by Gasteiger charge is 2.08. The Balaban J connectivity index is 3.11. The molecule has 1 nitrogen and oxygen atoms in total. The molecule has 0 spiro atoms. The minimum Gasteiger partial charge on any atom is -0.289 e. The molecule has 0 amide bonds. The Hall–Kier alpha value is -0.890. The monoisotopic (exact) mass is 224 g/mol. The van der Waals surface area contributed by atoms with Crippen LogP contribution in [0.2, 0.25) is 0 Å². The number of carbonyl (C=O) groups is 1. The molecular formula is C10H9BrO. The summed E-state index contributed by atoms with van der Waals surface area (Å²) in [7, 11) is 0. The minimum absolute atomic E-state index is 0.0116. The van der Waals surface area contributed by atoms with Crippen LogP contribution >= 0.6 is 15.9 Å². The van der Waals surface area contributed by atoms with E-state index in [1.807, 2.05) is 18.2 Å². The van der Waals surface area contributed by atoms with Crippen LogP contribution in [0.15, 0.2) is 40.9 Å². The lowest BCUT2D eigenvalue weighted by molar-refractivity contribution is 0.103. The summed E-state index contributed by atoms with van der Waals surface area (Å²) in [6, 6.07) is 7.33. The number of hydrogen-bond donors (Lipinski definition) is 0. The molecule has 0 aliphatic heterocycles. The number of allylic oxidation sites excluding steroid dienone is 1. The molecule has 0 heterocycles. The lowest BCUT2D eigenvalue weighted by atomic mass is 10.1. The molecule has 0 aliphatic rings. The van der Waals surface area contributed by atoms with Crippen molar-refractivity contribution in [1.82, 2.24) is 0 Å². The Kier molecular flexibility index (Phi) is 2.82. The van der Waals surface area contributed by atoms with Gasteiger partial charge in [-0.25, -0.2) is 0 Å². The fraction of sp³-hybridized carbons (Fsp3) is 0.100. The highest BCUT2D eigenvalue weighted by atomic mass is 79.9. The Morgan fingerprint density at radius 1 is 1.42 bits per heavy atom. The summed E-state index contributed by atoms with van der Waals surface area (Å²) >= 11 is 3.30. The van der Waals surface area contributed by atoms with E-state index >= 15 is 0 Å². The van der Waals surface area contributed by atoms with Crippen molar-refractivity contribution in [3.63, 3.8) is 0 Å². The first kappa shape index (κ1) is 9.20. The van der Waals surface area contributed by atoms with E-state index < -0.39 is 0 Å². The molecule has 1 aromatic rings. The molecule has 0 saturated carbocycles. The smallest absolute Gasteiger partial charge is 0.189 e. The fourth-order valence-corrected chi connectivity index (χ4v) is 1.34. The first-order valence-corrected chi connectivity index (χ1v) is 4.37. The number of benzene rings is 1. The molecule has 0 radical (unpaired) electrons. The molecule has 0 fully saturated rings. The number of rotatable bonds is 2. The Morgan fingerprint density at radius 3 is 2.50 bits per heavy atom. The van der Waals surface area contributed by atoms with Gasteiger partial charge in [-0.2, -0.15) is 0 Å². The van der Waals surface area contributed by atoms with Gasteiger partial charge in [-0.3, -0.25) is 4.79 Å². The van der Waals surface area contributed by atoms with E-state index in [-0.39, 0.29) is 5.78 Å². The van der Waals surface area contributed by atoms with Gasteiger partial charge < -0.3 is 0 Å². The third kappa shape index (κ3) is 1.83. The number of ketones is 1. The first-order chi connectivity index (χ1) is 5.63. The molecule has 0 aliphatic carbocycles. The third-order valence-corrected chi connectivity index (χ3v) is 2.20. The minimum atomic E-state index is -0.0116. The van der Waals surface area contributed by atoms with Gasteiger partial charge in [0.05, 0.1) is 0 Å². The van der Waals surface area contributed by atoms with Gasteiger partial charge in [0.25, 0.3) is 0 Å². The van der Waals surface area contributed by atoms with Gasteiger partial charge in [-0.15, -0.1) is 0 Å². The predicted octanol–water partition coefficient (Wildman–Crippen LogP) is 3.21. The molecule has 0 bridgehead atoms. The van der Waals surface area contributed by atoms with E-state index in [2.05, 4.69) is 22.5 Å². The molecule has 2 heteroatoms. The van der Waals surface area contributed by atoms with E-state index in [1.165, 1.54) is 0 Å². The Morgan fingerprint density at radius 2 is 2.00 bits per heavy atom. The lowest BCUT2D eigenvalue weighted by Crippen LogP contribution is -1.99. The SMILES string of the molecule is C=C(C)C(=O)c1ccccc1Br.